The molecule has 0 spiro atoms. The minimum atomic E-state index is -0.287. The van der Waals surface area contributed by atoms with E-state index in [1.807, 2.05) is 32.3 Å². The van der Waals surface area contributed by atoms with E-state index in [0.717, 1.165) is 73.4 Å². The van der Waals surface area contributed by atoms with E-state index in [1.54, 1.807) is 12.1 Å². The van der Waals surface area contributed by atoms with Gasteiger partial charge in [-0.2, -0.15) is 0 Å². The van der Waals surface area contributed by atoms with Crippen LogP contribution in [-0.4, -0.2) is 94.0 Å². The summed E-state index contributed by atoms with van der Waals surface area (Å²) in [5, 5.41) is 3.06. The molecule has 42 heavy (non-hydrogen) atoms. The van der Waals surface area contributed by atoms with Crippen LogP contribution in [0.5, 0.6) is 0 Å². The predicted molar refractivity (Wildman–Crippen MR) is 169 cm³/mol. The lowest BCUT2D eigenvalue weighted by Crippen LogP contribution is -2.56. The normalized spacial score (nSPS) is 17.2. The number of nitrogens with one attached hydrogen (secondary N) is 1. The van der Waals surface area contributed by atoms with E-state index in [9.17, 15) is 9.18 Å². The largest absolute Gasteiger partial charge is 0.378 e. The average molecular weight is 572 g/mol. The molecule has 3 aromatic carbocycles. The zero-order chi connectivity index (χ0) is 29.6. The molecule has 9 heteroatoms. The molecule has 8 nitrogen and oxygen atoms in total. The van der Waals surface area contributed by atoms with Crippen molar-refractivity contribution in [2.75, 3.05) is 77.3 Å². The number of halogens is 1. The van der Waals surface area contributed by atoms with Crippen LogP contribution in [0.15, 0.2) is 77.8 Å². The Morgan fingerprint density at radius 1 is 0.929 bits per heavy atom. The van der Waals surface area contributed by atoms with Crippen molar-refractivity contribution in [2.24, 2.45) is 4.99 Å². The topological polar surface area (TPSA) is 57.7 Å². The summed E-state index contributed by atoms with van der Waals surface area (Å²) < 4.78 is 13.4. The Balaban J connectivity index is 1.43. The average Bonchev–Trinajstić information content (AvgIpc) is 3.00. The van der Waals surface area contributed by atoms with Crippen molar-refractivity contribution in [3.05, 3.63) is 89.7 Å². The van der Waals surface area contributed by atoms with Gasteiger partial charge in [0.1, 0.15) is 5.82 Å². The van der Waals surface area contributed by atoms with Gasteiger partial charge in [-0.3, -0.25) is 9.69 Å². The van der Waals surface area contributed by atoms with E-state index < -0.39 is 0 Å². The van der Waals surface area contributed by atoms with Gasteiger partial charge in [0.15, 0.2) is 0 Å². The smallest absolute Gasteiger partial charge is 0.222 e. The number of benzene rings is 3. The minimum Gasteiger partial charge on any atom is -0.378 e. The van der Waals surface area contributed by atoms with Crippen LogP contribution in [0.2, 0.25) is 0 Å². The van der Waals surface area contributed by atoms with Crippen molar-refractivity contribution in [3.63, 3.8) is 0 Å². The number of rotatable bonds is 9. The fourth-order valence-corrected chi connectivity index (χ4v) is 5.51. The fraction of sp³-hybridized carbons (Fsp3) is 0.394. The Morgan fingerprint density at radius 3 is 2.29 bits per heavy atom. The summed E-state index contributed by atoms with van der Waals surface area (Å²) in [6, 6.07) is 22.6. The lowest BCUT2D eigenvalue weighted by Gasteiger charge is -2.45. The molecule has 2 aliphatic heterocycles. The zero-order valence-electron chi connectivity index (χ0n) is 25.1. The number of likely N-dealkylation sites (N-methyl/N-ethyl adjacent to an activating group) is 1. The van der Waals surface area contributed by atoms with Crippen LogP contribution in [0.3, 0.4) is 0 Å². The van der Waals surface area contributed by atoms with E-state index in [4.69, 9.17) is 4.99 Å². The number of amides is 1. The number of carbonyl (C=O) groups is 1. The maximum Gasteiger partial charge on any atom is 0.222 e. The molecule has 0 radical (unpaired) electrons. The maximum absolute atomic E-state index is 13.5. The number of guanidine groups is 1. The molecule has 3 aromatic rings. The van der Waals surface area contributed by atoms with Crippen LogP contribution in [0.25, 0.3) is 0 Å². The molecule has 1 fully saturated rings. The van der Waals surface area contributed by atoms with Crippen LogP contribution in [0, 0.1) is 5.82 Å². The molecule has 1 N–H and O–H groups in total. The summed E-state index contributed by atoms with van der Waals surface area (Å²) in [4.78, 5) is 30.1. The fourth-order valence-electron chi connectivity index (χ4n) is 5.51. The highest BCUT2D eigenvalue weighted by Gasteiger charge is 2.36. The third-order valence-corrected chi connectivity index (χ3v) is 7.99. The van der Waals surface area contributed by atoms with Crippen molar-refractivity contribution in [3.8, 4) is 0 Å². The first-order valence-corrected chi connectivity index (χ1v) is 14.7. The standard InChI is InChI=1S/C33H42FN7O/c1-37(2)17-18-39-19-21-40(22-20-39)33-36-30-8-6-5-7-29(30)31(41(33)28-15-13-27(14-16-28)38(3)4)23-32(42)35-24-25-9-11-26(34)12-10-25/h5-16,31H,17-24H2,1-4H3,(H,35,42). The summed E-state index contributed by atoms with van der Waals surface area (Å²) in [7, 11) is 8.28. The van der Waals surface area contributed by atoms with Gasteiger partial charge in [0, 0.05) is 76.8 Å². The van der Waals surface area contributed by atoms with E-state index in [1.165, 1.54) is 12.1 Å². The highest BCUT2D eigenvalue weighted by atomic mass is 19.1. The van der Waals surface area contributed by atoms with Gasteiger partial charge >= 0.3 is 0 Å². The highest BCUT2D eigenvalue weighted by molar-refractivity contribution is 6.01. The highest BCUT2D eigenvalue weighted by Crippen LogP contribution is 2.41. The van der Waals surface area contributed by atoms with Gasteiger partial charge in [0.2, 0.25) is 11.9 Å². The second kappa shape index (κ2) is 13.4. The second-order valence-electron chi connectivity index (χ2n) is 11.5. The van der Waals surface area contributed by atoms with Crippen LogP contribution in [0.1, 0.15) is 23.6 Å². The summed E-state index contributed by atoms with van der Waals surface area (Å²) in [6.07, 6.45) is 0.259. The number of hydrogen-bond donors (Lipinski definition) is 1. The van der Waals surface area contributed by atoms with E-state index in [-0.39, 0.29) is 24.2 Å². The van der Waals surface area contributed by atoms with Crippen molar-refractivity contribution >= 4 is 28.9 Å². The molecule has 1 amide bonds. The molecule has 1 unspecified atom stereocenters. The molecule has 0 aliphatic carbocycles. The summed E-state index contributed by atoms with van der Waals surface area (Å²) in [5.74, 6) is 0.531. The Hall–Kier alpha value is -3.95. The Kier molecular flexibility index (Phi) is 9.39. The number of fused-ring (bicyclic) bond motifs is 1. The van der Waals surface area contributed by atoms with E-state index >= 15 is 0 Å². The molecule has 222 valence electrons. The molecule has 0 aromatic heterocycles. The quantitative estimate of drug-likeness (QED) is 0.413. The third-order valence-electron chi connectivity index (χ3n) is 7.99. The lowest BCUT2D eigenvalue weighted by molar-refractivity contribution is -0.121. The third kappa shape index (κ3) is 7.09. The van der Waals surface area contributed by atoms with Gasteiger partial charge in [0.25, 0.3) is 0 Å². The van der Waals surface area contributed by atoms with Gasteiger partial charge in [-0.1, -0.05) is 30.3 Å². The Labute approximate surface area is 249 Å². The molecule has 2 aliphatic rings. The summed E-state index contributed by atoms with van der Waals surface area (Å²) in [5.41, 5.74) is 4.90. The first-order chi connectivity index (χ1) is 20.3. The molecular weight excluding hydrogens is 529 g/mol. The van der Waals surface area contributed by atoms with Gasteiger partial charge in [-0.25, -0.2) is 9.38 Å². The van der Waals surface area contributed by atoms with Gasteiger partial charge in [-0.05, 0) is 62.1 Å². The number of piperazine rings is 1. The molecular formula is C33H42FN7O. The number of para-hydroxylation sites is 1. The maximum atomic E-state index is 13.5. The molecule has 0 bridgehead atoms. The zero-order valence-corrected chi connectivity index (χ0v) is 25.1. The summed E-state index contributed by atoms with van der Waals surface area (Å²) >= 11 is 0. The number of aliphatic imine (C=N–C) groups is 1. The van der Waals surface area contributed by atoms with Crippen molar-refractivity contribution in [2.45, 2.75) is 19.0 Å². The summed E-state index contributed by atoms with van der Waals surface area (Å²) in [6.45, 7) is 6.08. The predicted octanol–water partition coefficient (Wildman–Crippen LogP) is 4.33. The molecule has 1 atom stereocenters. The number of hydrogen-bond acceptors (Lipinski definition) is 7. The first-order valence-electron chi connectivity index (χ1n) is 14.7. The number of nitrogens with zero attached hydrogens (tertiary/aromatic N) is 6. The molecule has 1 saturated heterocycles. The Morgan fingerprint density at radius 2 is 1.62 bits per heavy atom. The van der Waals surface area contributed by atoms with Gasteiger partial charge < -0.3 is 24.9 Å². The van der Waals surface area contributed by atoms with Gasteiger partial charge in [0.05, 0.1) is 18.2 Å². The number of anilines is 2. The van der Waals surface area contributed by atoms with Crippen LogP contribution in [0.4, 0.5) is 21.5 Å². The monoisotopic (exact) mass is 571 g/mol. The first kappa shape index (κ1) is 29.5. The van der Waals surface area contributed by atoms with Crippen LogP contribution in [-0.2, 0) is 11.3 Å². The molecule has 0 saturated carbocycles. The lowest BCUT2D eigenvalue weighted by atomic mass is 9.97. The van der Waals surface area contributed by atoms with Crippen molar-refractivity contribution in [1.29, 1.82) is 0 Å². The molecule has 5 rings (SSSR count). The minimum absolute atomic E-state index is 0.0659. The number of carbonyl (C=O) groups excluding carboxylic acids is 1. The Bertz CT molecular complexity index is 1370. The van der Waals surface area contributed by atoms with Crippen LogP contribution >= 0.6 is 0 Å². The van der Waals surface area contributed by atoms with Crippen molar-refractivity contribution < 1.29 is 9.18 Å². The van der Waals surface area contributed by atoms with Crippen molar-refractivity contribution in [1.82, 2.24) is 20.0 Å². The SMILES string of the molecule is CN(C)CCN1CCN(C2=Nc3ccccc3C(CC(=O)NCc3ccc(F)cc3)N2c2ccc(N(C)C)cc2)CC1. The van der Waals surface area contributed by atoms with Crippen LogP contribution < -0.4 is 15.1 Å². The van der Waals surface area contributed by atoms with E-state index in [0.29, 0.717) is 6.54 Å². The second-order valence-corrected chi connectivity index (χ2v) is 11.5. The van der Waals surface area contributed by atoms with Gasteiger partial charge in [-0.15, -0.1) is 0 Å². The molecule has 2 heterocycles. The van der Waals surface area contributed by atoms with E-state index in [2.05, 4.69) is 74.2 Å².